The molecule has 0 N–H and O–H groups in total. The SMILES string of the molecule is C[C@@H](c1ccccc1Cl)N(C(=O)c1ccc([S@@](C)=O)cc1)C1CC1. The Labute approximate surface area is 150 Å². The van der Waals surface area contributed by atoms with Crippen molar-refractivity contribution in [2.45, 2.75) is 36.7 Å². The number of carbonyl (C=O) groups excluding carboxylic acids is 1. The van der Waals surface area contributed by atoms with Gasteiger partial charge in [0.2, 0.25) is 0 Å². The van der Waals surface area contributed by atoms with Crippen LogP contribution in [0.4, 0.5) is 0 Å². The van der Waals surface area contributed by atoms with Crippen molar-refractivity contribution in [1.29, 1.82) is 0 Å². The van der Waals surface area contributed by atoms with Gasteiger partial charge in [-0.15, -0.1) is 0 Å². The maximum absolute atomic E-state index is 13.0. The molecule has 0 aromatic heterocycles. The zero-order chi connectivity index (χ0) is 17.3. The van der Waals surface area contributed by atoms with Gasteiger partial charge in [0.05, 0.1) is 6.04 Å². The highest BCUT2D eigenvalue weighted by atomic mass is 35.5. The molecule has 24 heavy (non-hydrogen) atoms. The number of hydrogen-bond acceptors (Lipinski definition) is 2. The fourth-order valence-corrected chi connectivity index (χ4v) is 3.73. The lowest BCUT2D eigenvalue weighted by Crippen LogP contribution is -2.35. The Balaban J connectivity index is 1.89. The van der Waals surface area contributed by atoms with Gasteiger partial charge in [0, 0.05) is 38.6 Å². The maximum Gasteiger partial charge on any atom is 0.254 e. The number of nitrogens with zero attached hydrogens (tertiary/aromatic N) is 1. The fourth-order valence-electron chi connectivity index (χ4n) is 2.91. The number of amides is 1. The second-order valence-electron chi connectivity index (χ2n) is 6.12. The van der Waals surface area contributed by atoms with Crippen LogP contribution < -0.4 is 0 Å². The van der Waals surface area contributed by atoms with E-state index in [-0.39, 0.29) is 18.0 Å². The quantitative estimate of drug-likeness (QED) is 0.789. The third-order valence-corrected chi connectivity index (χ3v) is 5.66. The molecule has 2 aromatic carbocycles. The summed E-state index contributed by atoms with van der Waals surface area (Å²) in [6, 6.07) is 14.9. The van der Waals surface area contributed by atoms with Gasteiger partial charge in [-0.25, -0.2) is 0 Å². The highest BCUT2D eigenvalue weighted by Crippen LogP contribution is 2.37. The molecule has 2 aromatic rings. The van der Waals surface area contributed by atoms with Crippen molar-refractivity contribution in [3.05, 3.63) is 64.7 Å². The van der Waals surface area contributed by atoms with Crippen LogP contribution >= 0.6 is 11.6 Å². The number of benzene rings is 2. The van der Waals surface area contributed by atoms with Gasteiger partial charge >= 0.3 is 0 Å². The predicted molar refractivity (Wildman–Crippen MR) is 97.8 cm³/mol. The molecule has 3 nitrogen and oxygen atoms in total. The molecular weight excluding hydrogens is 342 g/mol. The molecule has 1 fully saturated rings. The molecule has 3 rings (SSSR count). The van der Waals surface area contributed by atoms with Crippen molar-refractivity contribution in [3.8, 4) is 0 Å². The molecule has 0 spiro atoms. The van der Waals surface area contributed by atoms with Gasteiger partial charge < -0.3 is 4.90 Å². The summed E-state index contributed by atoms with van der Waals surface area (Å²) in [5.74, 6) is -0.00152. The van der Waals surface area contributed by atoms with E-state index in [1.54, 1.807) is 30.5 Å². The van der Waals surface area contributed by atoms with Crippen LogP contribution in [0.3, 0.4) is 0 Å². The first-order valence-electron chi connectivity index (χ1n) is 7.99. The molecule has 1 aliphatic carbocycles. The Hall–Kier alpha value is -1.65. The van der Waals surface area contributed by atoms with Crippen LogP contribution in [-0.2, 0) is 10.8 Å². The van der Waals surface area contributed by atoms with Gasteiger partial charge in [-0.05, 0) is 55.7 Å². The van der Waals surface area contributed by atoms with Gasteiger partial charge in [-0.3, -0.25) is 9.00 Å². The molecule has 0 aliphatic heterocycles. The minimum absolute atomic E-state index is 0.00152. The lowest BCUT2D eigenvalue weighted by atomic mass is 10.0. The van der Waals surface area contributed by atoms with E-state index in [1.807, 2.05) is 36.1 Å². The van der Waals surface area contributed by atoms with Gasteiger partial charge in [0.1, 0.15) is 0 Å². The first kappa shape index (κ1) is 17.2. The second-order valence-corrected chi connectivity index (χ2v) is 7.91. The van der Waals surface area contributed by atoms with E-state index in [0.717, 1.165) is 23.3 Å². The highest BCUT2D eigenvalue weighted by molar-refractivity contribution is 7.84. The van der Waals surface area contributed by atoms with E-state index < -0.39 is 10.8 Å². The van der Waals surface area contributed by atoms with E-state index >= 15 is 0 Å². The summed E-state index contributed by atoms with van der Waals surface area (Å²) in [6.07, 6.45) is 3.68. The minimum Gasteiger partial charge on any atom is -0.329 e. The minimum atomic E-state index is -1.04. The normalized spacial score (nSPS) is 16.5. The van der Waals surface area contributed by atoms with Crippen LogP contribution in [0.2, 0.25) is 5.02 Å². The zero-order valence-corrected chi connectivity index (χ0v) is 15.3. The Bertz CT molecular complexity index is 771. The summed E-state index contributed by atoms with van der Waals surface area (Å²) in [4.78, 5) is 15.7. The predicted octanol–water partition coefficient (Wildman–Crippen LogP) is 4.44. The third kappa shape index (κ3) is 3.55. The molecule has 126 valence electrons. The molecule has 0 radical (unpaired) electrons. The van der Waals surface area contributed by atoms with Crippen molar-refractivity contribution in [2.75, 3.05) is 6.26 Å². The van der Waals surface area contributed by atoms with Crippen LogP contribution in [0.25, 0.3) is 0 Å². The molecule has 0 heterocycles. The van der Waals surface area contributed by atoms with E-state index in [9.17, 15) is 9.00 Å². The van der Waals surface area contributed by atoms with Gasteiger partial charge in [0.25, 0.3) is 5.91 Å². The second kappa shape index (κ2) is 7.08. The summed E-state index contributed by atoms with van der Waals surface area (Å²) in [5, 5.41) is 0.681. The molecule has 2 atom stereocenters. The van der Waals surface area contributed by atoms with Crippen LogP contribution in [-0.4, -0.2) is 27.3 Å². The fraction of sp³-hybridized carbons (Fsp3) is 0.316. The van der Waals surface area contributed by atoms with E-state index in [0.29, 0.717) is 10.6 Å². The smallest absolute Gasteiger partial charge is 0.254 e. The topological polar surface area (TPSA) is 37.4 Å². The maximum atomic E-state index is 13.0. The highest BCUT2D eigenvalue weighted by Gasteiger charge is 2.37. The molecule has 1 aliphatic rings. The lowest BCUT2D eigenvalue weighted by molar-refractivity contribution is 0.0674. The van der Waals surface area contributed by atoms with Crippen LogP contribution in [0, 0.1) is 0 Å². The Kier molecular flexibility index (Phi) is 5.07. The van der Waals surface area contributed by atoms with Gasteiger partial charge in [-0.1, -0.05) is 29.8 Å². The Morgan fingerprint density at radius 2 is 1.79 bits per heavy atom. The number of rotatable bonds is 5. The van der Waals surface area contributed by atoms with Gasteiger partial charge in [-0.2, -0.15) is 0 Å². The summed E-state index contributed by atoms with van der Waals surface area (Å²) >= 11 is 6.32. The third-order valence-electron chi connectivity index (χ3n) is 4.38. The standard InChI is InChI=1S/C19H20ClNO2S/c1-13(17-5-3-4-6-18(17)20)21(15-9-10-15)19(22)14-7-11-16(12-8-14)24(2)23/h3-8,11-13,15H,9-10H2,1-2H3/t13-,24+/m0/s1. The average molecular weight is 362 g/mol. The van der Waals surface area contributed by atoms with Crippen molar-refractivity contribution < 1.29 is 9.00 Å². The average Bonchev–Trinajstić information content (AvgIpc) is 3.40. The molecule has 0 unspecified atom stereocenters. The number of hydrogen-bond donors (Lipinski definition) is 0. The molecule has 0 bridgehead atoms. The molecule has 1 saturated carbocycles. The van der Waals surface area contributed by atoms with Crippen LogP contribution in [0.1, 0.15) is 41.7 Å². The van der Waals surface area contributed by atoms with Crippen LogP contribution in [0.15, 0.2) is 53.4 Å². The Morgan fingerprint density at radius 3 is 2.33 bits per heavy atom. The summed E-state index contributed by atoms with van der Waals surface area (Å²) in [7, 11) is -1.04. The summed E-state index contributed by atoms with van der Waals surface area (Å²) < 4.78 is 11.5. The lowest BCUT2D eigenvalue weighted by Gasteiger charge is -2.30. The first-order chi connectivity index (χ1) is 11.5. The van der Waals surface area contributed by atoms with Crippen molar-refractivity contribution in [2.24, 2.45) is 0 Å². The molecule has 5 heteroatoms. The van der Waals surface area contributed by atoms with E-state index in [2.05, 4.69) is 0 Å². The molecule has 1 amide bonds. The van der Waals surface area contributed by atoms with Crippen molar-refractivity contribution in [3.63, 3.8) is 0 Å². The largest absolute Gasteiger partial charge is 0.329 e. The number of carbonyl (C=O) groups is 1. The van der Waals surface area contributed by atoms with Gasteiger partial charge in [0.15, 0.2) is 0 Å². The first-order valence-corrected chi connectivity index (χ1v) is 9.93. The van der Waals surface area contributed by atoms with Crippen LogP contribution in [0.5, 0.6) is 0 Å². The number of halogens is 1. The summed E-state index contributed by atoms with van der Waals surface area (Å²) in [5.41, 5.74) is 1.58. The molecular formula is C19H20ClNO2S. The van der Waals surface area contributed by atoms with Crippen molar-refractivity contribution >= 4 is 28.3 Å². The van der Waals surface area contributed by atoms with E-state index in [4.69, 9.17) is 11.6 Å². The monoisotopic (exact) mass is 361 g/mol. The van der Waals surface area contributed by atoms with Crippen molar-refractivity contribution in [1.82, 2.24) is 4.90 Å². The zero-order valence-electron chi connectivity index (χ0n) is 13.7. The Morgan fingerprint density at radius 1 is 1.17 bits per heavy atom. The van der Waals surface area contributed by atoms with E-state index in [1.165, 1.54) is 0 Å². The summed E-state index contributed by atoms with van der Waals surface area (Å²) in [6.45, 7) is 2.02. The molecule has 0 saturated heterocycles.